The lowest BCUT2D eigenvalue weighted by Gasteiger charge is -2.31. The predicted octanol–water partition coefficient (Wildman–Crippen LogP) is 2.09. The fourth-order valence-corrected chi connectivity index (χ4v) is 4.90. The molecule has 47 heavy (non-hydrogen) atoms. The molecule has 0 amide bonds. The number of methoxy groups -OCH3 is 1. The molecule has 1 unspecified atom stereocenters. The Morgan fingerprint density at radius 2 is 1.47 bits per heavy atom. The van der Waals surface area contributed by atoms with Gasteiger partial charge in [0.25, 0.3) is 0 Å². The molecular weight excluding hydrogens is 628 g/mol. The third-order valence-corrected chi connectivity index (χ3v) is 7.09. The first-order chi connectivity index (χ1) is 22.7. The van der Waals surface area contributed by atoms with E-state index in [1.54, 1.807) is 31.4 Å². The number of carboxylic acids is 2. The van der Waals surface area contributed by atoms with Gasteiger partial charge in [0.05, 0.1) is 57.1 Å². The third kappa shape index (κ3) is 12.9. The quantitative estimate of drug-likeness (QED) is 0.0770. The third-order valence-electron chi connectivity index (χ3n) is 6.99. The van der Waals surface area contributed by atoms with Gasteiger partial charge in [0.1, 0.15) is 11.4 Å². The Bertz CT molecular complexity index is 1430. The van der Waals surface area contributed by atoms with Crippen molar-refractivity contribution in [2.75, 3.05) is 78.2 Å². The summed E-state index contributed by atoms with van der Waals surface area (Å²) >= 11 is 4.92. The monoisotopic (exact) mass is 670 g/mol. The first-order valence-corrected chi connectivity index (χ1v) is 15.4. The minimum absolute atomic E-state index is 0.000598. The van der Waals surface area contributed by atoms with E-state index in [9.17, 15) is 24.9 Å². The number of benzene rings is 1. The van der Waals surface area contributed by atoms with Gasteiger partial charge >= 0.3 is 11.9 Å². The maximum atomic E-state index is 11.7. The summed E-state index contributed by atoms with van der Waals surface area (Å²) in [5.74, 6) is -2.21. The second-order valence-corrected chi connectivity index (χ2v) is 10.8. The maximum Gasteiger partial charge on any atom is 0.354 e. The van der Waals surface area contributed by atoms with Gasteiger partial charge in [0.2, 0.25) is 0 Å². The van der Waals surface area contributed by atoms with Gasteiger partial charge in [-0.15, -0.1) is 0 Å². The van der Waals surface area contributed by atoms with Gasteiger partial charge in [0.15, 0.2) is 5.11 Å². The molecule has 0 saturated carbocycles. The summed E-state index contributed by atoms with van der Waals surface area (Å²) in [7, 11) is 1.62. The Kier molecular flexibility index (Phi) is 16.1. The molecule has 15 heteroatoms. The number of aliphatic hydroxyl groups excluding tert-OH is 1. The Morgan fingerprint density at radius 3 is 2.09 bits per heavy atom. The Morgan fingerprint density at radius 1 is 0.851 bits per heavy atom. The van der Waals surface area contributed by atoms with Crippen molar-refractivity contribution in [3.63, 3.8) is 0 Å². The number of anilines is 1. The van der Waals surface area contributed by atoms with Crippen molar-refractivity contribution in [3.8, 4) is 0 Å². The van der Waals surface area contributed by atoms with Gasteiger partial charge < -0.3 is 40.6 Å². The standard InChI is InChI=1S/C32H42N6O8S/c1-44-17-13-37(22-25-4-2-6-27(34-25)30(40)41)14-18-45-20-21-46-19-15-38(12-16-39)29(26-5-3-7-28(36-26)31(42)43)23-8-10-24(11-9-23)35-32(33)47/h2-11,29,39H,12-22H2,1H3,(H,40,41)(H,42,43)(H3,33,35,47). The lowest BCUT2D eigenvalue weighted by atomic mass is 10.00. The van der Waals surface area contributed by atoms with Crippen LogP contribution in [0.1, 0.15) is 44.0 Å². The number of aromatic nitrogens is 2. The average molecular weight is 671 g/mol. The average Bonchev–Trinajstić information content (AvgIpc) is 3.05. The predicted molar refractivity (Wildman–Crippen MR) is 179 cm³/mol. The molecule has 0 aliphatic heterocycles. The molecule has 3 aromatic rings. The summed E-state index contributed by atoms with van der Waals surface area (Å²) < 4.78 is 16.9. The molecule has 2 aromatic heterocycles. The van der Waals surface area contributed by atoms with Gasteiger partial charge in [-0.1, -0.05) is 24.3 Å². The topological polar surface area (TPSA) is 193 Å². The Hall–Kier alpha value is -4.09. The summed E-state index contributed by atoms with van der Waals surface area (Å²) in [5, 5.41) is 31.7. The molecule has 0 aliphatic rings. The molecule has 254 valence electrons. The van der Waals surface area contributed by atoms with Crippen molar-refractivity contribution in [2.24, 2.45) is 5.73 Å². The number of aliphatic hydroxyl groups is 1. The van der Waals surface area contributed by atoms with E-state index < -0.39 is 18.0 Å². The first kappa shape index (κ1) is 37.4. The van der Waals surface area contributed by atoms with Crippen LogP contribution in [0.5, 0.6) is 0 Å². The molecule has 2 heterocycles. The Labute approximate surface area is 279 Å². The number of hydrogen-bond donors (Lipinski definition) is 5. The zero-order chi connectivity index (χ0) is 34.0. The van der Waals surface area contributed by atoms with E-state index >= 15 is 0 Å². The van der Waals surface area contributed by atoms with Gasteiger partial charge in [0, 0.05) is 45.5 Å². The summed E-state index contributed by atoms with van der Waals surface area (Å²) in [5.41, 5.74) is 8.20. The van der Waals surface area contributed by atoms with Crippen LogP contribution in [0.25, 0.3) is 0 Å². The number of nitrogens with zero attached hydrogens (tertiary/aromatic N) is 4. The van der Waals surface area contributed by atoms with Crippen molar-refractivity contribution in [1.29, 1.82) is 0 Å². The van der Waals surface area contributed by atoms with Crippen LogP contribution in [0.4, 0.5) is 5.69 Å². The molecule has 0 spiro atoms. The van der Waals surface area contributed by atoms with E-state index in [0.29, 0.717) is 76.3 Å². The minimum Gasteiger partial charge on any atom is -0.477 e. The largest absolute Gasteiger partial charge is 0.477 e. The number of hydrogen-bond acceptors (Lipinski definition) is 11. The van der Waals surface area contributed by atoms with Crippen molar-refractivity contribution in [2.45, 2.75) is 12.6 Å². The number of aromatic carboxylic acids is 2. The normalized spacial score (nSPS) is 11.9. The highest BCUT2D eigenvalue weighted by molar-refractivity contribution is 7.80. The van der Waals surface area contributed by atoms with Crippen LogP contribution in [0.3, 0.4) is 0 Å². The lowest BCUT2D eigenvalue weighted by molar-refractivity contribution is 0.0237. The van der Waals surface area contributed by atoms with Crippen LogP contribution < -0.4 is 11.1 Å². The molecular formula is C32H42N6O8S. The van der Waals surface area contributed by atoms with Crippen molar-refractivity contribution >= 4 is 35.0 Å². The van der Waals surface area contributed by atoms with E-state index in [1.807, 2.05) is 29.2 Å². The highest BCUT2D eigenvalue weighted by Crippen LogP contribution is 2.28. The fraction of sp³-hybridized carbons (Fsp3) is 0.406. The maximum absolute atomic E-state index is 11.7. The number of nitrogens with one attached hydrogen (secondary N) is 1. The highest BCUT2D eigenvalue weighted by atomic mass is 32.1. The molecule has 3 rings (SSSR count). The molecule has 1 atom stereocenters. The Balaban J connectivity index is 1.55. The smallest absolute Gasteiger partial charge is 0.354 e. The summed E-state index contributed by atoms with van der Waals surface area (Å²) in [6, 6.07) is 16.7. The van der Waals surface area contributed by atoms with Gasteiger partial charge in [-0.3, -0.25) is 9.80 Å². The SMILES string of the molecule is COCCN(CCOCCOCCN(CCO)C(c1ccc(NC(N)=S)cc1)c1cccc(C(=O)O)n1)Cc1cccc(C(=O)O)n1. The second kappa shape index (κ2) is 20.2. The number of nitrogens with two attached hydrogens (primary N) is 1. The molecule has 0 aliphatic carbocycles. The van der Waals surface area contributed by atoms with Gasteiger partial charge in [-0.05, 0) is 54.2 Å². The zero-order valence-electron chi connectivity index (χ0n) is 26.3. The van der Waals surface area contributed by atoms with Crippen molar-refractivity contribution in [1.82, 2.24) is 19.8 Å². The van der Waals surface area contributed by atoms with Crippen LogP contribution in [-0.4, -0.2) is 125 Å². The first-order valence-electron chi connectivity index (χ1n) is 15.0. The zero-order valence-corrected chi connectivity index (χ0v) is 27.1. The fourth-order valence-electron chi connectivity index (χ4n) is 4.78. The lowest BCUT2D eigenvalue weighted by Crippen LogP contribution is -2.36. The summed E-state index contributed by atoms with van der Waals surface area (Å²) in [4.78, 5) is 35.6. The van der Waals surface area contributed by atoms with E-state index in [4.69, 9.17) is 32.2 Å². The number of rotatable bonds is 22. The highest BCUT2D eigenvalue weighted by Gasteiger charge is 2.24. The number of carbonyl (C=O) groups is 2. The molecule has 0 saturated heterocycles. The number of ether oxygens (including phenoxy) is 3. The van der Waals surface area contributed by atoms with Gasteiger partial charge in [-0.25, -0.2) is 19.6 Å². The molecule has 1 aromatic carbocycles. The van der Waals surface area contributed by atoms with E-state index in [0.717, 1.165) is 5.56 Å². The van der Waals surface area contributed by atoms with Crippen molar-refractivity contribution < 1.29 is 39.1 Å². The van der Waals surface area contributed by atoms with Crippen LogP contribution in [0, 0.1) is 0 Å². The molecule has 0 radical (unpaired) electrons. The van der Waals surface area contributed by atoms with Crippen LogP contribution in [-0.2, 0) is 20.8 Å². The molecule has 14 nitrogen and oxygen atoms in total. The van der Waals surface area contributed by atoms with Crippen LogP contribution in [0.2, 0.25) is 0 Å². The number of pyridine rings is 2. The van der Waals surface area contributed by atoms with Crippen LogP contribution in [0.15, 0.2) is 60.7 Å². The summed E-state index contributed by atoms with van der Waals surface area (Å²) in [6.45, 7) is 4.20. The van der Waals surface area contributed by atoms with Crippen LogP contribution >= 0.6 is 12.2 Å². The molecule has 0 bridgehead atoms. The molecule has 6 N–H and O–H groups in total. The number of carboxylic acid groups (broad SMARTS) is 2. The van der Waals surface area contributed by atoms with Gasteiger partial charge in [-0.2, -0.15) is 0 Å². The second-order valence-electron chi connectivity index (χ2n) is 10.3. The van der Waals surface area contributed by atoms with E-state index in [-0.39, 0.29) is 29.7 Å². The summed E-state index contributed by atoms with van der Waals surface area (Å²) in [6.07, 6.45) is 0. The van der Waals surface area contributed by atoms with E-state index in [1.165, 1.54) is 12.1 Å². The van der Waals surface area contributed by atoms with Crippen molar-refractivity contribution in [3.05, 3.63) is 89.0 Å². The minimum atomic E-state index is -1.13. The number of thiocarbonyl (C=S) groups is 1. The van der Waals surface area contributed by atoms with E-state index in [2.05, 4.69) is 20.2 Å². The molecule has 0 fully saturated rings.